The summed E-state index contributed by atoms with van der Waals surface area (Å²) in [6.45, 7) is 2.12. The number of carbonyl (C=O) groups excluding carboxylic acids is 1. The van der Waals surface area contributed by atoms with Crippen LogP contribution in [0.25, 0.3) is 11.1 Å². The van der Waals surface area contributed by atoms with E-state index >= 15 is 0 Å². The molecule has 0 bridgehead atoms. The van der Waals surface area contributed by atoms with Gasteiger partial charge in [0.25, 0.3) is 0 Å². The van der Waals surface area contributed by atoms with Gasteiger partial charge in [0.05, 0.1) is 24.3 Å². The first kappa shape index (κ1) is 14.4. The Labute approximate surface area is 123 Å². The van der Waals surface area contributed by atoms with Gasteiger partial charge in [-0.2, -0.15) is 0 Å². The number of ether oxygens (including phenoxy) is 2. The zero-order valence-electron chi connectivity index (χ0n) is 11.4. The summed E-state index contributed by atoms with van der Waals surface area (Å²) in [5, 5.41) is 0.529. The number of hydrogen-bond donors (Lipinski definition) is 0. The standard InChI is InChI=1S/C16H15ClO3/c1-3-20-16(18)14-7-5-4-6-12(14)13-9-8-11(19-2)10-15(13)17/h4-10H,3H2,1-2H3. The average Bonchev–Trinajstić information content (AvgIpc) is 2.47. The number of rotatable bonds is 4. The smallest absolute Gasteiger partial charge is 0.338 e. The molecule has 4 heteroatoms. The third-order valence-corrected chi connectivity index (χ3v) is 3.20. The zero-order valence-corrected chi connectivity index (χ0v) is 12.1. The fourth-order valence-electron chi connectivity index (χ4n) is 1.95. The highest BCUT2D eigenvalue weighted by molar-refractivity contribution is 6.33. The molecule has 104 valence electrons. The van der Waals surface area contributed by atoms with Gasteiger partial charge in [-0.15, -0.1) is 0 Å². The van der Waals surface area contributed by atoms with Crippen molar-refractivity contribution in [3.63, 3.8) is 0 Å². The summed E-state index contributed by atoms with van der Waals surface area (Å²) in [7, 11) is 1.58. The van der Waals surface area contributed by atoms with Gasteiger partial charge < -0.3 is 9.47 Å². The normalized spacial score (nSPS) is 10.2. The Kier molecular flexibility index (Phi) is 4.64. The fourth-order valence-corrected chi connectivity index (χ4v) is 2.22. The zero-order chi connectivity index (χ0) is 14.5. The van der Waals surface area contributed by atoms with Gasteiger partial charge in [0.15, 0.2) is 0 Å². The van der Waals surface area contributed by atoms with E-state index in [4.69, 9.17) is 21.1 Å². The van der Waals surface area contributed by atoms with Crippen LogP contribution >= 0.6 is 11.6 Å². The first-order valence-electron chi connectivity index (χ1n) is 6.27. The molecule has 0 saturated carbocycles. The molecule has 0 aliphatic carbocycles. The summed E-state index contributed by atoms with van der Waals surface area (Å²) >= 11 is 6.26. The minimum atomic E-state index is -0.352. The van der Waals surface area contributed by atoms with Gasteiger partial charge in [-0.25, -0.2) is 4.79 Å². The lowest BCUT2D eigenvalue weighted by Gasteiger charge is -2.11. The topological polar surface area (TPSA) is 35.5 Å². The Hall–Kier alpha value is -2.00. The predicted octanol–water partition coefficient (Wildman–Crippen LogP) is 4.19. The van der Waals surface area contributed by atoms with Gasteiger partial charge in [-0.05, 0) is 36.8 Å². The highest BCUT2D eigenvalue weighted by Gasteiger charge is 2.15. The Bertz CT molecular complexity index is 623. The number of halogens is 1. The number of esters is 1. The molecule has 0 heterocycles. The van der Waals surface area contributed by atoms with Gasteiger partial charge in [-0.3, -0.25) is 0 Å². The van der Waals surface area contributed by atoms with Gasteiger partial charge in [0.1, 0.15) is 5.75 Å². The highest BCUT2D eigenvalue weighted by Crippen LogP contribution is 2.33. The van der Waals surface area contributed by atoms with Crippen LogP contribution in [0.4, 0.5) is 0 Å². The van der Waals surface area contributed by atoms with E-state index in [1.165, 1.54) is 0 Å². The molecule has 3 nitrogen and oxygen atoms in total. The van der Waals surface area contributed by atoms with Crippen LogP contribution in [0.1, 0.15) is 17.3 Å². The van der Waals surface area contributed by atoms with Crippen molar-refractivity contribution in [3.05, 3.63) is 53.1 Å². The monoisotopic (exact) mass is 290 g/mol. The van der Waals surface area contributed by atoms with Crippen molar-refractivity contribution in [2.75, 3.05) is 13.7 Å². The molecule has 0 amide bonds. The summed E-state index contributed by atoms with van der Waals surface area (Å²) in [5.74, 6) is 0.322. The van der Waals surface area contributed by atoms with Crippen LogP contribution in [0.5, 0.6) is 5.75 Å². The van der Waals surface area contributed by atoms with Crippen molar-refractivity contribution in [2.24, 2.45) is 0 Å². The second-order valence-electron chi connectivity index (χ2n) is 4.11. The van der Waals surface area contributed by atoms with Crippen molar-refractivity contribution in [3.8, 4) is 16.9 Å². The summed E-state index contributed by atoms with van der Waals surface area (Å²) < 4.78 is 10.2. The highest BCUT2D eigenvalue weighted by atomic mass is 35.5. The van der Waals surface area contributed by atoms with E-state index in [0.717, 1.165) is 11.1 Å². The molecular formula is C16H15ClO3. The van der Waals surface area contributed by atoms with Crippen LogP contribution in [-0.2, 0) is 4.74 Å². The van der Waals surface area contributed by atoms with E-state index < -0.39 is 0 Å². The van der Waals surface area contributed by atoms with Crippen molar-refractivity contribution in [1.29, 1.82) is 0 Å². The number of carbonyl (C=O) groups is 1. The van der Waals surface area contributed by atoms with Crippen molar-refractivity contribution in [1.82, 2.24) is 0 Å². The molecule has 2 rings (SSSR count). The van der Waals surface area contributed by atoms with Gasteiger partial charge in [0, 0.05) is 5.56 Å². The molecular weight excluding hydrogens is 276 g/mol. The van der Waals surface area contributed by atoms with Crippen LogP contribution in [0.15, 0.2) is 42.5 Å². The van der Waals surface area contributed by atoms with E-state index in [2.05, 4.69) is 0 Å². The predicted molar refractivity (Wildman–Crippen MR) is 79.4 cm³/mol. The molecule has 0 saturated heterocycles. The van der Waals surface area contributed by atoms with Gasteiger partial charge >= 0.3 is 5.97 Å². The minimum Gasteiger partial charge on any atom is -0.497 e. The first-order valence-corrected chi connectivity index (χ1v) is 6.65. The summed E-state index contributed by atoms with van der Waals surface area (Å²) in [4.78, 5) is 12.0. The summed E-state index contributed by atoms with van der Waals surface area (Å²) in [5.41, 5.74) is 2.02. The molecule has 2 aromatic rings. The van der Waals surface area contributed by atoms with Crippen molar-refractivity contribution >= 4 is 17.6 Å². The van der Waals surface area contributed by atoms with Crippen LogP contribution in [0.2, 0.25) is 5.02 Å². The lowest BCUT2D eigenvalue weighted by molar-refractivity contribution is 0.0527. The van der Waals surface area contributed by atoms with Crippen LogP contribution in [0, 0.1) is 0 Å². The minimum absolute atomic E-state index is 0.337. The molecule has 0 aliphatic heterocycles. The summed E-state index contributed by atoms with van der Waals surface area (Å²) in [6, 6.07) is 12.6. The van der Waals surface area contributed by atoms with E-state index in [1.807, 2.05) is 24.3 Å². The lowest BCUT2D eigenvalue weighted by atomic mass is 9.99. The molecule has 0 aromatic heterocycles. The maximum absolute atomic E-state index is 12.0. The van der Waals surface area contributed by atoms with Gasteiger partial charge in [0.2, 0.25) is 0 Å². The maximum atomic E-state index is 12.0. The Morgan fingerprint density at radius 3 is 2.55 bits per heavy atom. The average molecular weight is 291 g/mol. The molecule has 20 heavy (non-hydrogen) atoms. The molecule has 0 radical (unpaired) electrons. The molecule has 0 N–H and O–H groups in total. The van der Waals surface area contributed by atoms with Crippen molar-refractivity contribution in [2.45, 2.75) is 6.92 Å². The van der Waals surface area contributed by atoms with Crippen LogP contribution in [0.3, 0.4) is 0 Å². The summed E-state index contributed by atoms with van der Waals surface area (Å²) in [6.07, 6.45) is 0. The molecule has 0 aliphatic rings. The second kappa shape index (κ2) is 6.44. The van der Waals surface area contributed by atoms with Crippen molar-refractivity contribution < 1.29 is 14.3 Å². The number of methoxy groups -OCH3 is 1. The fraction of sp³-hybridized carbons (Fsp3) is 0.188. The molecule has 0 atom stereocenters. The lowest BCUT2D eigenvalue weighted by Crippen LogP contribution is -2.06. The van der Waals surface area contributed by atoms with E-state index in [1.54, 1.807) is 32.2 Å². The van der Waals surface area contributed by atoms with E-state index in [0.29, 0.717) is 22.9 Å². The first-order chi connectivity index (χ1) is 9.67. The van der Waals surface area contributed by atoms with Crippen LogP contribution in [-0.4, -0.2) is 19.7 Å². The molecule has 2 aromatic carbocycles. The SMILES string of the molecule is CCOC(=O)c1ccccc1-c1ccc(OC)cc1Cl. The third kappa shape index (κ3) is 2.94. The largest absolute Gasteiger partial charge is 0.497 e. The Morgan fingerprint density at radius 1 is 1.15 bits per heavy atom. The molecule has 0 spiro atoms. The van der Waals surface area contributed by atoms with E-state index in [9.17, 15) is 4.79 Å². The third-order valence-electron chi connectivity index (χ3n) is 2.89. The van der Waals surface area contributed by atoms with Gasteiger partial charge in [-0.1, -0.05) is 29.8 Å². The number of benzene rings is 2. The second-order valence-corrected chi connectivity index (χ2v) is 4.52. The Balaban J connectivity index is 2.50. The van der Waals surface area contributed by atoms with Crippen LogP contribution < -0.4 is 4.74 Å². The maximum Gasteiger partial charge on any atom is 0.338 e. The Morgan fingerprint density at radius 2 is 1.90 bits per heavy atom. The molecule has 0 unspecified atom stereocenters. The quantitative estimate of drug-likeness (QED) is 0.792. The van der Waals surface area contributed by atoms with E-state index in [-0.39, 0.29) is 5.97 Å². The molecule has 0 fully saturated rings. The number of hydrogen-bond acceptors (Lipinski definition) is 3.